The molecule has 2 aromatic rings. The molecule has 1 aromatic heterocycles. The van der Waals surface area contributed by atoms with Crippen molar-refractivity contribution < 1.29 is 22.4 Å². The molecule has 1 amide bonds. The largest absolute Gasteiger partial charge is 0.417 e. The number of hydrogen-bond acceptors (Lipinski definition) is 7. The van der Waals surface area contributed by atoms with E-state index in [4.69, 9.17) is 0 Å². The fourth-order valence-electron chi connectivity index (χ4n) is 5.44. The molecule has 4 N–H and O–H groups in total. The zero-order valence-electron chi connectivity index (χ0n) is 21.7. The zero-order valence-corrected chi connectivity index (χ0v) is 21.7. The number of fused-ring (bicyclic) bond motifs is 2. The molecule has 0 saturated carbocycles. The smallest absolute Gasteiger partial charge is 0.379 e. The van der Waals surface area contributed by atoms with E-state index < -0.39 is 24.0 Å². The number of piperidine rings is 1. The maximum absolute atomic E-state index is 14.7. The highest BCUT2D eigenvalue weighted by atomic mass is 19.4. The molecule has 0 bridgehead atoms. The molecule has 0 aliphatic carbocycles. The number of anilines is 1. The number of carbonyl (C=O) groups excluding carboxylic acids is 1. The summed E-state index contributed by atoms with van der Waals surface area (Å²) >= 11 is 0. The molecule has 0 spiro atoms. The van der Waals surface area contributed by atoms with Gasteiger partial charge in [0.05, 0.1) is 35.1 Å². The maximum Gasteiger partial charge on any atom is 0.417 e. The molecule has 210 valence electrons. The number of alkyl halides is 4. The van der Waals surface area contributed by atoms with Crippen LogP contribution in [0.5, 0.6) is 0 Å². The quantitative estimate of drug-likeness (QED) is 0.397. The van der Waals surface area contributed by atoms with Crippen molar-refractivity contribution in [2.75, 3.05) is 51.6 Å². The summed E-state index contributed by atoms with van der Waals surface area (Å²) in [4.78, 5) is 18.8. The van der Waals surface area contributed by atoms with Crippen LogP contribution in [0.15, 0.2) is 36.9 Å². The summed E-state index contributed by atoms with van der Waals surface area (Å²) in [5, 5.41) is 12.2. The Morgan fingerprint density at radius 3 is 2.87 bits per heavy atom. The first kappa shape index (κ1) is 27.5. The number of allylic oxidation sites excluding steroid dienone is 1. The van der Waals surface area contributed by atoms with Gasteiger partial charge in [0.25, 0.3) is 0 Å². The number of hydrogen-bond donors (Lipinski definition) is 4. The summed E-state index contributed by atoms with van der Waals surface area (Å²) in [5.74, 6) is -0.356. The summed E-state index contributed by atoms with van der Waals surface area (Å²) in [6.07, 6.45) is -2.04. The molecular weight excluding hydrogens is 514 g/mol. The van der Waals surface area contributed by atoms with Gasteiger partial charge in [0.1, 0.15) is 6.17 Å². The second-order valence-electron chi connectivity index (χ2n) is 10.3. The molecule has 3 aliphatic rings. The van der Waals surface area contributed by atoms with E-state index in [0.717, 1.165) is 13.1 Å². The average Bonchev–Trinajstić information content (AvgIpc) is 3.51. The number of halogens is 4. The van der Waals surface area contributed by atoms with E-state index in [2.05, 4.69) is 32.9 Å². The molecule has 39 heavy (non-hydrogen) atoms. The van der Waals surface area contributed by atoms with Crippen LogP contribution in [0.3, 0.4) is 0 Å². The van der Waals surface area contributed by atoms with Gasteiger partial charge in [-0.25, -0.2) is 14.4 Å². The van der Waals surface area contributed by atoms with Crippen LogP contribution in [-0.4, -0.2) is 91.7 Å². The fourth-order valence-corrected chi connectivity index (χ4v) is 5.44. The summed E-state index contributed by atoms with van der Waals surface area (Å²) < 4.78 is 55.9. The predicted octanol–water partition coefficient (Wildman–Crippen LogP) is 2.76. The van der Waals surface area contributed by atoms with E-state index in [1.165, 1.54) is 0 Å². The second kappa shape index (κ2) is 11.2. The highest BCUT2D eigenvalue weighted by Gasteiger charge is 2.41. The SMILES string of the molecule is C=C(c1nc(/C=C/CNC(=O)C2CNN3CCNC23)cc2c(N[C@@H]3CCN(C)CC3F)cccc12)C(F)(F)F. The van der Waals surface area contributed by atoms with Crippen molar-refractivity contribution in [3.05, 3.63) is 48.3 Å². The van der Waals surface area contributed by atoms with Gasteiger partial charge < -0.3 is 15.5 Å². The number of nitrogens with zero attached hydrogens (tertiary/aromatic N) is 3. The van der Waals surface area contributed by atoms with Gasteiger partial charge >= 0.3 is 6.18 Å². The number of rotatable bonds is 7. The van der Waals surface area contributed by atoms with Crippen LogP contribution in [0.2, 0.25) is 0 Å². The first-order chi connectivity index (χ1) is 18.6. The van der Waals surface area contributed by atoms with Crippen molar-refractivity contribution in [1.82, 2.24) is 31.0 Å². The van der Waals surface area contributed by atoms with Crippen molar-refractivity contribution >= 4 is 34.0 Å². The van der Waals surface area contributed by atoms with E-state index in [9.17, 15) is 22.4 Å². The highest BCUT2D eigenvalue weighted by Crippen LogP contribution is 2.37. The van der Waals surface area contributed by atoms with Gasteiger partial charge in [-0.3, -0.25) is 15.5 Å². The number of amides is 1. The molecule has 12 heteroatoms. The molecule has 0 radical (unpaired) electrons. The minimum Gasteiger partial charge on any atom is -0.379 e. The summed E-state index contributed by atoms with van der Waals surface area (Å²) in [6, 6.07) is 6.14. The molecule has 3 unspecified atom stereocenters. The van der Waals surface area contributed by atoms with E-state index in [0.29, 0.717) is 30.6 Å². The van der Waals surface area contributed by atoms with Crippen molar-refractivity contribution in [3.8, 4) is 0 Å². The Balaban J connectivity index is 1.38. The first-order valence-corrected chi connectivity index (χ1v) is 13.1. The Labute approximate surface area is 224 Å². The Morgan fingerprint density at radius 1 is 1.28 bits per heavy atom. The van der Waals surface area contributed by atoms with Gasteiger partial charge in [0.15, 0.2) is 0 Å². The molecule has 4 atom stereocenters. The van der Waals surface area contributed by atoms with Crippen LogP contribution in [-0.2, 0) is 4.79 Å². The van der Waals surface area contributed by atoms with Gasteiger partial charge in [-0.2, -0.15) is 13.2 Å². The molecule has 8 nitrogen and oxygen atoms in total. The Kier molecular flexibility index (Phi) is 7.90. The third-order valence-corrected chi connectivity index (χ3v) is 7.56. The van der Waals surface area contributed by atoms with Crippen molar-refractivity contribution in [2.24, 2.45) is 5.92 Å². The fraction of sp³-hybridized carbons (Fsp3) is 0.481. The van der Waals surface area contributed by atoms with Crippen LogP contribution in [0, 0.1) is 5.92 Å². The maximum atomic E-state index is 14.7. The lowest BCUT2D eigenvalue weighted by Gasteiger charge is -2.33. The molecule has 3 saturated heterocycles. The van der Waals surface area contributed by atoms with E-state index in [1.807, 2.05) is 17.0 Å². The van der Waals surface area contributed by atoms with Crippen LogP contribution in [0.4, 0.5) is 23.2 Å². The molecular formula is C27H33F4N7O. The lowest BCUT2D eigenvalue weighted by atomic mass is 9.99. The first-order valence-electron chi connectivity index (χ1n) is 13.1. The van der Waals surface area contributed by atoms with Gasteiger partial charge in [-0.15, -0.1) is 0 Å². The third-order valence-electron chi connectivity index (χ3n) is 7.56. The predicted molar refractivity (Wildman–Crippen MR) is 143 cm³/mol. The van der Waals surface area contributed by atoms with Crippen LogP contribution in [0.25, 0.3) is 22.4 Å². The monoisotopic (exact) mass is 547 g/mol. The summed E-state index contributed by atoms with van der Waals surface area (Å²) in [7, 11) is 1.85. The lowest BCUT2D eigenvalue weighted by Crippen LogP contribution is -2.46. The minimum absolute atomic E-state index is 0.0496. The topological polar surface area (TPSA) is 84.6 Å². The number of pyridine rings is 1. The van der Waals surface area contributed by atoms with Crippen LogP contribution in [0.1, 0.15) is 17.8 Å². The van der Waals surface area contributed by atoms with E-state index in [1.54, 1.807) is 36.4 Å². The Bertz CT molecular complexity index is 1270. The normalized spacial score (nSPS) is 26.3. The number of nitrogens with one attached hydrogen (secondary N) is 4. The van der Waals surface area contributed by atoms with Gasteiger partial charge in [0.2, 0.25) is 5.91 Å². The van der Waals surface area contributed by atoms with Crippen LogP contribution < -0.4 is 21.4 Å². The Morgan fingerprint density at radius 2 is 2.10 bits per heavy atom. The number of likely N-dealkylation sites (tertiary alicyclic amines) is 1. The van der Waals surface area contributed by atoms with Gasteiger partial charge in [-0.1, -0.05) is 24.8 Å². The van der Waals surface area contributed by atoms with Crippen molar-refractivity contribution in [2.45, 2.75) is 31.0 Å². The molecule has 3 fully saturated rings. The average molecular weight is 548 g/mol. The second-order valence-corrected chi connectivity index (χ2v) is 10.3. The van der Waals surface area contributed by atoms with E-state index in [-0.39, 0.29) is 47.9 Å². The number of hydrazine groups is 1. The standard InChI is InChI=1S/C27H33F4N7O/c1-16(27(29,30)31)24-18-6-3-7-22(36-23-8-11-37(2)15-21(23)28)19(18)13-17(35-24)5-4-9-33-26(39)20-14-34-38-12-10-32-25(20)38/h3-7,13,20-21,23,25,32,34,36H,1,8-12,14-15H2,2H3,(H,33,39)/b5-4+/t20?,21?,23-,25?/m1/s1. The third kappa shape index (κ3) is 5.93. The molecule has 4 heterocycles. The van der Waals surface area contributed by atoms with Gasteiger partial charge in [0, 0.05) is 55.7 Å². The van der Waals surface area contributed by atoms with Gasteiger partial charge in [-0.05, 0) is 31.7 Å². The number of benzene rings is 1. The molecule has 3 aliphatic heterocycles. The molecule has 1 aromatic carbocycles. The van der Waals surface area contributed by atoms with Crippen LogP contribution >= 0.6 is 0 Å². The highest BCUT2D eigenvalue weighted by molar-refractivity contribution is 6.00. The molecule has 5 rings (SSSR count). The number of carbonyl (C=O) groups is 1. The number of aromatic nitrogens is 1. The summed E-state index contributed by atoms with van der Waals surface area (Å²) in [5.41, 5.74) is 2.67. The van der Waals surface area contributed by atoms with E-state index >= 15 is 0 Å². The van der Waals surface area contributed by atoms with Crippen molar-refractivity contribution in [3.63, 3.8) is 0 Å². The zero-order chi connectivity index (χ0) is 27.7. The van der Waals surface area contributed by atoms with Crippen molar-refractivity contribution in [1.29, 1.82) is 0 Å². The Hall–Kier alpha value is -3.06. The summed E-state index contributed by atoms with van der Waals surface area (Å²) in [6.45, 7) is 6.63. The lowest BCUT2D eigenvalue weighted by molar-refractivity contribution is -0.125. The minimum atomic E-state index is -4.67.